The Labute approximate surface area is 105 Å². The molecule has 0 bridgehead atoms. The SMILES string of the molecule is CCc1cc(N)nc(-c2ccc(O)c(OC)c2)n1. The Morgan fingerprint density at radius 1 is 1.28 bits per heavy atom. The summed E-state index contributed by atoms with van der Waals surface area (Å²) in [6, 6.07) is 6.71. The first-order valence-corrected chi connectivity index (χ1v) is 5.65. The van der Waals surface area contributed by atoms with Gasteiger partial charge in [-0.25, -0.2) is 9.97 Å². The second-order valence-electron chi connectivity index (χ2n) is 3.85. The molecule has 5 nitrogen and oxygen atoms in total. The van der Waals surface area contributed by atoms with Crippen molar-refractivity contribution in [2.45, 2.75) is 13.3 Å². The van der Waals surface area contributed by atoms with Crippen LogP contribution >= 0.6 is 0 Å². The van der Waals surface area contributed by atoms with Gasteiger partial charge in [0.15, 0.2) is 17.3 Å². The average molecular weight is 245 g/mol. The lowest BCUT2D eigenvalue weighted by Gasteiger charge is -2.07. The lowest BCUT2D eigenvalue weighted by Crippen LogP contribution is -1.99. The number of nitrogens with two attached hydrogens (primary N) is 1. The van der Waals surface area contributed by atoms with Gasteiger partial charge < -0.3 is 15.6 Å². The van der Waals surface area contributed by atoms with Crippen molar-refractivity contribution in [2.24, 2.45) is 0 Å². The van der Waals surface area contributed by atoms with E-state index in [2.05, 4.69) is 9.97 Å². The summed E-state index contributed by atoms with van der Waals surface area (Å²) in [6.07, 6.45) is 0.787. The van der Waals surface area contributed by atoms with Crippen LogP contribution in [0.1, 0.15) is 12.6 Å². The van der Waals surface area contributed by atoms with Crippen molar-refractivity contribution < 1.29 is 9.84 Å². The molecule has 1 aromatic carbocycles. The van der Waals surface area contributed by atoms with Crippen LogP contribution in [0.3, 0.4) is 0 Å². The minimum Gasteiger partial charge on any atom is -0.504 e. The number of hydrogen-bond acceptors (Lipinski definition) is 5. The summed E-state index contributed by atoms with van der Waals surface area (Å²) in [6.45, 7) is 2.00. The highest BCUT2D eigenvalue weighted by Crippen LogP contribution is 2.30. The number of ether oxygens (including phenoxy) is 1. The fourth-order valence-electron chi connectivity index (χ4n) is 1.65. The van der Waals surface area contributed by atoms with E-state index < -0.39 is 0 Å². The minimum atomic E-state index is 0.0841. The van der Waals surface area contributed by atoms with E-state index in [1.165, 1.54) is 7.11 Å². The number of aryl methyl sites for hydroxylation is 1. The highest BCUT2D eigenvalue weighted by atomic mass is 16.5. The van der Waals surface area contributed by atoms with Gasteiger partial charge >= 0.3 is 0 Å². The number of phenols is 1. The van der Waals surface area contributed by atoms with Crippen molar-refractivity contribution >= 4 is 5.82 Å². The molecule has 2 rings (SSSR count). The average Bonchev–Trinajstić information content (AvgIpc) is 2.38. The molecule has 0 atom stereocenters. The van der Waals surface area contributed by atoms with Crippen molar-refractivity contribution in [1.29, 1.82) is 0 Å². The predicted octanol–water partition coefficient (Wildman–Crippen LogP) is 2.00. The van der Waals surface area contributed by atoms with Gasteiger partial charge in [0, 0.05) is 17.3 Å². The van der Waals surface area contributed by atoms with Crippen LogP contribution in [0.5, 0.6) is 11.5 Å². The number of hydrogen-bond donors (Lipinski definition) is 2. The minimum absolute atomic E-state index is 0.0841. The van der Waals surface area contributed by atoms with E-state index in [9.17, 15) is 5.11 Å². The molecule has 0 aliphatic rings. The lowest BCUT2D eigenvalue weighted by molar-refractivity contribution is 0.373. The summed E-state index contributed by atoms with van der Waals surface area (Å²) in [7, 11) is 1.50. The van der Waals surface area contributed by atoms with Gasteiger partial charge in [-0.1, -0.05) is 6.92 Å². The van der Waals surface area contributed by atoms with Crippen LogP contribution in [0.25, 0.3) is 11.4 Å². The number of nitrogen functional groups attached to an aromatic ring is 1. The first-order valence-electron chi connectivity index (χ1n) is 5.65. The molecular weight excluding hydrogens is 230 g/mol. The first kappa shape index (κ1) is 12.2. The van der Waals surface area contributed by atoms with Gasteiger partial charge in [0.2, 0.25) is 0 Å². The maximum Gasteiger partial charge on any atom is 0.161 e. The number of aromatic hydroxyl groups is 1. The van der Waals surface area contributed by atoms with Gasteiger partial charge in [-0.05, 0) is 24.6 Å². The lowest BCUT2D eigenvalue weighted by atomic mass is 10.2. The maximum absolute atomic E-state index is 9.55. The molecule has 0 unspecified atom stereocenters. The summed E-state index contributed by atoms with van der Waals surface area (Å²) >= 11 is 0. The van der Waals surface area contributed by atoms with Crippen LogP contribution in [-0.4, -0.2) is 22.2 Å². The molecule has 18 heavy (non-hydrogen) atoms. The summed E-state index contributed by atoms with van der Waals surface area (Å²) in [5.74, 6) is 1.44. The third-order valence-corrected chi connectivity index (χ3v) is 2.60. The zero-order valence-electron chi connectivity index (χ0n) is 10.3. The molecule has 1 aromatic heterocycles. The fourth-order valence-corrected chi connectivity index (χ4v) is 1.65. The van der Waals surface area contributed by atoms with E-state index in [1.54, 1.807) is 24.3 Å². The van der Waals surface area contributed by atoms with Crippen LogP contribution in [0.4, 0.5) is 5.82 Å². The van der Waals surface area contributed by atoms with Crippen molar-refractivity contribution in [1.82, 2.24) is 9.97 Å². The summed E-state index contributed by atoms with van der Waals surface area (Å²) < 4.78 is 5.06. The van der Waals surface area contributed by atoms with E-state index in [-0.39, 0.29) is 5.75 Å². The molecular formula is C13H15N3O2. The van der Waals surface area contributed by atoms with E-state index in [4.69, 9.17) is 10.5 Å². The highest BCUT2D eigenvalue weighted by molar-refractivity contribution is 5.62. The number of anilines is 1. The summed E-state index contributed by atoms with van der Waals surface area (Å²) in [4.78, 5) is 8.59. The Balaban J connectivity index is 2.51. The first-order chi connectivity index (χ1) is 8.63. The van der Waals surface area contributed by atoms with Crippen molar-refractivity contribution in [3.63, 3.8) is 0 Å². The largest absolute Gasteiger partial charge is 0.504 e. The van der Waals surface area contributed by atoms with Crippen LogP contribution < -0.4 is 10.5 Å². The Morgan fingerprint density at radius 2 is 2.06 bits per heavy atom. The van der Waals surface area contributed by atoms with Crippen LogP contribution in [0, 0.1) is 0 Å². The molecule has 1 heterocycles. The number of phenolic OH excluding ortho intramolecular Hbond substituents is 1. The standard InChI is InChI=1S/C13H15N3O2/c1-3-9-7-12(14)16-13(15-9)8-4-5-10(17)11(6-8)18-2/h4-7,17H,3H2,1-2H3,(H2,14,15,16). The smallest absolute Gasteiger partial charge is 0.161 e. The van der Waals surface area contributed by atoms with Crippen LogP contribution in [0.15, 0.2) is 24.3 Å². The molecule has 0 radical (unpaired) electrons. The third kappa shape index (κ3) is 2.34. The van der Waals surface area contributed by atoms with Crippen LogP contribution in [-0.2, 0) is 6.42 Å². The summed E-state index contributed by atoms with van der Waals surface area (Å²) in [5.41, 5.74) is 7.38. The quantitative estimate of drug-likeness (QED) is 0.864. The molecule has 94 valence electrons. The molecule has 3 N–H and O–H groups in total. The molecule has 0 saturated heterocycles. The zero-order chi connectivity index (χ0) is 13.1. The van der Waals surface area contributed by atoms with Crippen molar-refractivity contribution in [3.8, 4) is 22.9 Å². The second-order valence-corrected chi connectivity index (χ2v) is 3.85. The van der Waals surface area contributed by atoms with Gasteiger partial charge in [0.05, 0.1) is 7.11 Å². The molecule has 5 heteroatoms. The fraction of sp³-hybridized carbons (Fsp3) is 0.231. The molecule has 0 spiro atoms. The van der Waals surface area contributed by atoms with E-state index in [0.717, 1.165) is 17.7 Å². The highest BCUT2D eigenvalue weighted by Gasteiger charge is 2.08. The molecule has 0 saturated carbocycles. The number of benzene rings is 1. The Morgan fingerprint density at radius 3 is 2.72 bits per heavy atom. The monoisotopic (exact) mass is 245 g/mol. The van der Waals surface area contributed by atoms with Gasteiger partial charge in [0.1, 0.15) is 5.82 Å². The third-order valence-electron chi connectivity index (χ3n) is 2.60. The van der Waals surface area contributed by atoms with Gasteiger partial charge in [-0.3, -0.25) is 0 Å². The topological polar surface area (TPSA) is 81.3 Å². The van der Waals surface area contributed by atoms with Crippen molar-refractivity contribution in [2.75, 3.05) is 12.8 Å². The number of methoxy groups -OCH3 is 1. The predicted molar refractivity (Wildman–Crippen MR) is 69.5 cm³/mol. The zero-order valence-corrected chi connectivity index (χ0v) is 10.3. The maximum atomic E-state index is 9.55. The van der Waals surface area contributed by atoms with Crippen LogP contribution in [0.2, 0.25) is 0 Å². The Hall–Kier alpha value is -2.30. The molecule has 0 aliphatic heterocycles. The number of aromatic nitrogens is 2. The van der Waals surface area contributed by atoms with Gasteiger partial charge in [0.25, 0.3) is 0 Å². The van der Waals surface area contributed by atoms with E-state index >= 15 is 0 Å². The van der Waals surface area contributed by atoms with E-state index in [1.807, 2.05) is 6.92 Å². The molecule has 0 aliphatic carbocycles. The van der Waals surface area contributed by atoms with Gasteiger partial charge in [-0.15, -0.1) is 0 Å². The number of nitrogens with zero attached hydrogens (tertiary/aromatic N) is 2. The summed E-state index contributed by atoms with van der Waals surface area (Å²) in [5, 5.41) is 9.55. The Bertz CT molecular complexity index is 570. The van der Waals surface area contributed by atoms with Gasteiger partial charge in [-0.2, -0.15) is 0 Å². The van der Waals surface area contributed by atoms with Crippen molar-refractivity contribution in [3.05, 3.63) is 30.0 Å². The molecule has 0 amide bonds. The number of rotatable bonds is 3. The molecule has 0 fully saturated rings. The normalized spacial score (nSPS) is 10.3. The molecule has 2 aromatic rings. The second kappa shape index (κ2) is 4.91. The van der Waals surface area contributed by atoms with E-state index in [0.29, 0.717) is 17.4 Å². The Kier molecular flexibility index (Phi) is 3.32.